The van der Waals surface area contributed by atoms with Crippen LogP contribution in [0.5, 0.6) is 11.5 Å². The third-order valence-corrected chi connectivity index (χ3v) is 4.46. The molecule has 24 heavy (non-hydrogen) atoms. The quantitative estimate of drug-likeness (QED) is 0.860. The number of ether oxygens (including phenoxy) is 2. The number of likely N-dealkylation sites (tertiary alicyclic amines) is 1. The van der Waals surface area contributed by atoms with E-state index >= 15 is 0 Å². The van der Waals surface area contributed by atoms with E-state index in [0.717, 1.165) is 24.9 Å². The minimum Gasteiger partial charge on any atom is -0.493 e. The topological polar surface area (TPSA) is 64.8 Å². The number of aromatic nitrogens is 1. The van der Waals surface area contributed by atoms with Crippen molar-refractivity contribution in [2.24, 2.45) is 0 Å². The van der Waals surface area contributed by atoms with Crippen LogP contribution < -0.4 is 9.47 Å². The van der Waals surface area contributed by atoms with Crippen LogP contribution in [0.4, 0.5) is 0 Å². The first kappa shape index (κ1) is 16.4. The van der Waals surface area contributed by atoms with E-state index in [2.05, 4.69) is 12.1 Å². The van der Waals surface area contributed by atoms with E-state index in [4.69, 9.17) is 14.0 Å². The molecule has 1 saturated heterocycles. The van der Waals surface area contributed by atoms with Crippen molar-refractivity contribution < 1.29 is 18.8 Å². The normalized spacial score (nSPS) is 17.6. The highest BCUT2D eigenvalue weighted by Crippen LogP contribution is 2.32. The first-order chi connectivity index (χ1) is 11.6. The van der Waals surface area contributed by atoms with Crippen LogP contribution in [0.15, 0.2) is 28.8 Å². The molecule has 0 N–H and O–H groups in total. The number of benzene rings is 1. The van der Waals surface area contributed by atoms with Crippen molar-refractivity contribution in [1.82, 2.24) is 10.1 Å². The van der Waals surface area contributed by atoms with Gasteiger partial charge >= 0.3 is 0 Å². The highest BCUT2D eigenvalue weighted by Gasteiger charge is 2.26. The minimum absolute atomic E-state index is 0.0716. The van der Waals surface area contributed by atoms with Gasteiger partial charge in [0.25, 0.3) is 5.91 Å². The maximum absolute atomic E-state index is 12.6. The Labute approximate surface area is 141 Å². The fourth-order valence-electron chi connectivity index (χ4n) is 3.05. The number of piperidine rings is 1. The second-order valence-corrected chi connectivity index (χ2v) is 5.99. The lowest BCUT2D eigenvalue weighted by Gasteiger charge is -2.32. The maximum atomic E-state index is 12.6. The summed E-state index contributed by atoms with van der Waals surface area (Å²) in [6, 6.07) is 7.37. The summed E-state index contributed by atoms with van der Waals surface area (Å²) in [5.41, 5.74) is 1.12. The zero-order chi connectivity index (χ0) is 17.1. The van der Waals surface area contributed by atoms with Crippen molar-refractivity contribution in [3.63, 3.8) is 0 Å². The number of amides is 1. The Morgan fingerprint density at radius 2 is 2.00 bits per heavy atom. The van der Waals surface area contributed by atoms with Gasteiger partial charge in [-0.2, -0.15) is 0 Å². The Hall–Kier alpha value is -2.50. The average molecular weight is 330 g/mol. The highest BCUT2D eigenvalue weighted by molar-refractivity contribution is 5.93. The monoisotopic (exact) mass is 330 g/mol. The predicted octanol–water partition coefficient (Wildman–Crippen LogP) is 3.37. The van der Waals surface area contributed by atoms with Gasteiger partial charge < -0.3 is 18.9 Å². The predicted molar refractivity (Wildman–Crippen MR) is 89.4 cm³/mol. The molecule has 0 saturated carbocycles. The number of hydrogen-bond acceptors (Lipinski definition) is 5. The molecule has 1 atom stereocenters. The summed E-state index contributed by atoms with van der Waals surface area (Å²) in [5, 5.41) is 3.96. The Morgan fingerprint density at radius 3 is 2.71 bits per heavy atom. The van der Waals surface area contributed by atoms with Crippen LogP contribution in [0.1, 0.15) is 36.7 Å². The van der Waals surface area contributed by atoms with Gasteiger partial charge in [-0.25, -0.2) is 0 Å². The standard InChI is InChI=1S/C18H22N2O4/c1-12-6-4-5-9-20(12)18(21)14-11-16(24-19-14)13-7-8-15(22-2)17(10-13)23-3/h7-8,10-12H,4-6,9H2,1-3H3/t12-/m0/s1. The molecule has 1 amide bonds. The Balaban J connectivity index is 1.84. The van der Waals surface area contributed by atoms with Crippen LogP contribution in [-0.2, 0) is 0 Å². The molecule has 6 nitrogen and oxygen atoms in total. The summed E-state index contributed by atoms with van der Waals surface area (Å²) >= 11 is 0. The summed E-state index contributed by atoms with van der Waals surface area (Å²) in [6.45, 7) is 2.85. The molecule has 0 spiro atoms. The summed E-state index contributed by atoms with van der Waals surface area (Å²) in [6.07, 6.45) is 3.24. The molecule has 1 aliphatic heterocycles. The molecule has 2 aromatic rings. The van der Waals surface area contributed by atoms with Crippen LogP contribution in [-0.4, -0.2) is 42.8 Å². The molecule has 2 heterocycles. The summed E-state index contributed by atoms with van der Waals surface area (Å²) < 4.78 is 15.9. The smallest absolute Gasteiger partial charge is 0.276 e. The van der Waals surface area contributed by atoms with Crippen molar-refractivity contribution in [3.05, 3.63) is 30.0 Å². The molecule has 3 rings (SSSR count). The fourth-order valence-corrected chi connectivity index (χ4v) is 3.05. The van der Waals surface area contributed by atoms with Crippen molar-refractivity contribution in [2.45, 2.75) is 32.2 Å². The van der Waals surface area contributed by atoms with Crippen molar-refractivity contribution >= 4 is 5.91 Å². The molecule has 1 aromatic carbocycles. The lowest BCUT2D eigenvalue weighted by atomic mass is 10.0. The first-order valence-electron chi connectivity index (χ1n) is 8.14. The summed E-state index contributed by atoms with van der Waals surface area (Å²) in [7, 11) is 3.16. The molecule has 1 aromatic heterocycles. The molecule has 128 valence electrons. The van der Waals surface area contributed by atoms with E-state index in [9.17, 15) is 4.79 Å². The SMILES string of the molecule is COc1ccc(-c2cc(C(=O)N3CCCC[C@@H]3C)no2)cc1OC. The number of carbonyl (C=O) groups excluding carboxylic acids is 1. The lowest BCUT2D eigenvalue weighted by molar-refractivity contribution is 0.0625. The second kappa shape index (κ2) is 6.95. The van der Waals surface area contributed by atoms with Crippen LogP contribution in [0.2, 0.25) is 0 Å². The van der Waals surface area contributed by atoms with Gasteiger partial charge in [0.2, 0.25) is 0 Å². The number of nitrogens with zero attached hydrogens (tertiary/aromatic N) is 2. The largest absolute Gasteiger partial charge is 0.493 e. The Morgan fingerprint density at radius 1 is 1.21 bits per heavy atom. The number of rotatable bonds is 4. The van der Waals surface area contributed by atoms with Gasteiger partial charge in [-0.3, -0.25) is 4.79 Å². The molecule has 6 heteroatoms. The van der Waals surface area contributed by atoms with Gasteiger partial charge in [-0.05, 0) is 44.4 Å². The first-order valence-corrected chi connectivity index (χ1v) is 8.14. The molecular weight excluding hydrogens is 308 g/mol. The number of hydrogen-bond donors (Lipinski definition) is 0. The summed E-state index contributed by atoms with van der Waals surface area (Å²) in [4.78, 5) is 14.5. The molecule has 0 aliphatic carbocycles. The van der Waals surface area contributed by atoms with Crippen molar-refractivity contribution in [2.75, 3.05) is 20.8 Å². The van der Waals surface area contributed by atoms with Gasteiger partial charge in [-0.1, -0.05) is 5.16 Å². The van der Waals surface area contributed by atoms with Crippen LogP contribution in [0.25, 0.3) is 11.3 Å². The minimum atomic E-state index is -0.0716. The second-order valence-electron chi connectivity index (χ2n) is 5.99. The molecular formula is C18H22N2O4. The Kier molecular flexibility index (Phi) is 4.74. The van der Waals surface area contributed by atoms with E-state index in [0.29, 0.717) is 23.0 Å². The zero-order valence-electron chi connectivity index (χ0n) is 14.2. The van der Waals surface area contributed by atoms with Gasteiger partial charge in [0.1, 0.15) is 0 Å². The van der Waals surface area contributed by atoms with E-state index in [1.54, 1.807) is 32.4 Å². The van der Waals surface area contributed by atoms with Crippen molar-refractivity contribution in [3.8, 4) is 22.8 Å². The highest BCUT2D eigenvalue weighted by atomic mass is 16.5. The molecule has 0 unspecified atom stereocenters. The van der Waals surface area contributed by atoms with E-state index in [1.165, 1.54) is 6.42 Å². The number of methoxy groups -OCH3 is 2. The molecule has 0 radical (unpaired) electrons. The third-order valence-electron chi connectivity index (χ3n) is 4.46. The molecule has 1 aliphatic rings. The van der Waals surface area contributed by atoms with Gasteiger partial charge in [0, 0.05) is 24.2 Å². The van der Waals surface area contributed by atoms with Crippen molar-refractivity contribution in [1.29, 1.82) is 0 Å². The average Bonchev–Trinajstić information content (AvgIpc) is 3.11. The maximum Gasteiger partial charge on any atom is 0.276 e. The van der Waals surface area contributed by atoms with Crippen LogP contribution in [0.3, 0.4) is 0 Å². The van der Waals surface area contributed by atoms with Gasteiger partial charge in [0.15, 0.2) is 23.0 Å². The van der Waals surface area contributed by atoms with Crippen LogP contribution >= 0.6 is 0 Å². The zero-order valence-corrected chi connectivity index (χ0v) is 14.2. The van der Waals surface area contributed by atoms with Gasteiger partial charge in [0.05, 0.1) is 14.2 Å². The molecule has 0 bridgehead atoms. The molecule has 1 fully saturated rings. The fraction of sp³-hybridized carbons (Fsp3) is 0.444. The van der Waals surface area contributed by atoms with E-state index in [1.807, 2.05) is 11.0 Å². The van der Waals surface area contributed by atoms with Crippen LogP contribution in [0, 0.1) is 0 Å². The Bertz CT molecular complexity index is 726. The summed E-state index contributed by atoms with van der Waals surface area (Å²) in [5.74, 6) is 1.70. The van der Waals surface area contributed by atoms with E-state index < -0.39 is 0 Å². The van der Waals surface area contributed by atoms with E-state index in [-0.39, 0.29) is 11.9 Å². The van der Waals surface area contributed by atoms with Gasteiger partial charge in [-0.15, -0.1) is 0 Å². The third kappa shape index (κ3) is 3.09. The lowest BCUT2D eigenvalue weighted by Crippen LogP contribution is -2.42. The number of carbonyl (C=O) groups is 1.